The largest absolute Gasteiger partial charge is 0.449 e. The molecule has 5 heteroatoms. The van der Waals surface area contributed by atoms with Crippen LogP contribution in [0.2, 0.25) is 5.02 Å². The monoisotopic (exact) mass is 431 g/mol. The molecular formula is C26H22ClNO3. The molecule has 1 N–H and O–H groups in total. The van der Waals surface area contributed by atoms with E-state index >= 15 is 0 Å². The molecule has 0 radical (unpaired) electrons. The van der Waals surface area contributed by atoms with Gasteiger partial charge in [0.05, 0.1) is 0 Å². The highest BCUT2D eigenvalue weighted by atomic mass is 35.5. The van der Waals surface area contributed by atoms with E-state index in [4.69, 9.17) is 16.3 Å². The molecule has 0 fully saturated rings. The zero-order valence-electron chi connectivity index (χ0n) is 16.9. The van der Waals surface area contributed by atoms with Gasteiger partial charge in [0.15, 0.2) is 6.29 Å². The summed E-state index contributed by atoms with van der Waals surface area (Å²) < 4.78 is 5.52. The van der Waals surface area contributed by atoms with Gasteiger partial charge >= 0.3 is 6.09 Å². The lowest BCUT2D eigenvalue weighted by Crippen LogP contribution is -2.26. The van der Waals surface area contributed by atoms with E-state index in [9.17, 15) is 9.59 Å². The van der Waals surface area contributed by atoms with Crippen molar-refractivity contribution in [3.05, 3.63) is 100 Å². The van der Waals surface area contributed by atoms with Gasteiger partial charge in [0.1, 0.15) is 6.61 Å². The first-order valence-electron chi connectivity index (χ1n) is 10.2. The molecule has 31 heavy (non-hydrogen) atoms. The number of hydrogen-bond acceptors (Lipinski definition) is 3. The predicted molar refractivity (Wildman–Crippen MR) is 124 cm³/mol. The van der Waals surface area contributed by atoms with Crippen LogP contribution in [0.3, 0.4) is 0 Å². The molecule has 4 nitrogen and oxygen atoms in total. The molecule has 4 rings (SSSR count). The Morgan fingerprint density at radius 2 is 1.65 bits per heavy atom. The van der Waals surface area contributed by atoms with Gasteiger partial charge in [-0.15, -0.1) is 0 Å². The van der Waals surface area contributed by atoms with Crippen LogP contribution in [-0.2, 0) is 4.74 Å². The average molecular weight is 432 g/mol. The minimum Gasteiger partial charge on any atom is -0.449 e. The van der Waals surface area contributed by atoms with E-state index in [1.54, 1.807) is 24.3 Å². The number of hydrogen-bond donors (Lipinski definition) is 1. The van der Waals surface area contributed by atoms with Crippen LogP contribution in [0, 0.1) is 0 Å². The van der Waals surface area contributed by atoms with Crippen molar-refractivity contribution in [1.29, 1.82) is 0 Å². The SMILES string of the molecule is O=Cc1cccc(Cl)c1C=CCCNC(=O)OCC1c2ccccc2-c2ccccc21. The van der Waals surface area contributed by atoms with E-state index in [-0.39, 0.29) is 12.5 Å². The Hall–Kier alpha value is -3.37. The summed E-state index contributed by atoms with van der Waals surface area (Å²) in [6.45, 7) is 0.714. The number of aldehydes is 1. The van der Waals surface area contributed by atoms with Crippen LogP contribution in [0.5, 0.6) is 0 Å². The lowest BCUT2D eigenvalue weighted by atomic mass is 9.98. The first-order valence-corrected chi connectivity index (χ1v) is 10.6. The van der Waals surface area contributed by atoms with Gasteiger partial charge in [-0.2, -0.15) is 0 Å². The molecule has 1 aliphatic rings. The van der Waals surface area contributed by atoms with E-state index < -0.39 is 6.09 Å². The highest BCUT2D eigenvalue weighted by Crippen LogP contribution is 2.44. The maximum Gasteiger partial charge on any atom is 0.407 e. The molecule has 0 aliphatic heterocycles. The van der Waals surface area contributed by atoms with Gasteiger partial charge in [0, 0.05) is 28.6 Å². The number of amides is 1. The molecule has 0 saturated heterocycles. The van der Waals surface area contributed by atoms with Gasteiger partial charge in [-0.3, -0.25) is 4.79 Å². The molecule has 0 unspecified atom stereocenters. The Balaban J connectivity index is 1.29. The van der Waals surface area contributed by atoms with Crippen molar-refractivity contribution in [1.82, 2.24) is 5.32 Å². The van der Waals surface area contributed by atoms with Crippen LogP contribution in [0.1, 0.15) is 39.4 Å². The third kappa shape index (κ3) is 4.54. The summed E-state index contributed by atoms with van der Waals surface area (Å²) in [7, 11) is 0. The summed E-state index contributed by atoms with van der Waals surface area (Å²) in [6.07, 6.45) is 4.60. The van der Waals surface area contributed by atoms with Crippen LogP contribution in [-0.4, -0.2) is 25.5 Å². The number of nitrogens with one attached hydrogen (secondary N) is 1. The van der Waals surface area contributed by atoms with E-state index in [2.05, 4.69) is 29.6 Å². The van der Waals surface area contributed by atoms with E-state index in [0.717, 1.165) is 6.29 Å². The third-order valence-electron chi connectivity index (χ3n) is 5.42. The quantitative estimate of drug-likeness (QED) is 0.363. The Morgan fingerprint density at radius 1 is 0.968 bits per heavy atom. The Morgan fingerprint density at radius 3 is 2.32 bits per heavy atom. The lowest BCUT2D eigenvalue weighted by Gasteiger charge is -2.14. The molecule has 0 aromatic heterocycles. The van der Waals surface area contributed by atoms with E-state index in [1.807, 2.05) is 30.3 Å². The maximum atomic E-state index is 12.2. The second-order valence-electron chi connectivity index (χ2n) is 7.30. The highest BCUT2D eigenvalue weighted by molar-refractivity contribution is 6.32. The van der Waals surface area contributed by atoms with Crippen molar-refractivity contribution in [3.63, 3.8) is 0 Å². The van der Waals surface area contributed by atoms with Gasteiger partial charge in [-0.1, -0.05) is 84.4 Å². The minimum absolute atomic E-state index is 0.0417. The molecule has 0 bridgehead atoms. The van der Waals surface area contributed by atoms with Crippen molar-refractivity contribution in [2.24, 2.45) is 0 Å². The molecule has 156 valence electrons. The lowest BCUT2D eigenvalue weighted by molar-refractivity contribution is 0.112. The Kier molecular flexibility index (Phi) is 6.48. The molecule has 1 amide bonds. The number of ether oxygens (including phenoxy) is 1. The van der Waals surface area contributed by atoms with E-state index in [0.29, 0.717) is 29.1 Å². The first-order chi connectivity index (χ1) is 15.2. The number of carbonyl (C=O) groups is 2. The summed E-state index contributed by atoms with van der Waals surface area (Å²) in [5.74, 6) is 0.0417. The van der Waals surface area contributed by atoms with Crippen molar-refractivity contribution in [2.45, 2.75) is 12.3 Å². The Labute approximate surface area is 186 Å². The highest BCUT2D eigenvalue weighted by Gasteiger charge is 2.28. The summed E-state index contributed by atoms with van der Waals surface area (Å²) >= 11 is 6.15. The normalized spacial score (nSPS) is 12.4. The average Bonchev–Trinajstić information content (AvgIpc) is 3.12. The zero-order valence-corrected chi connectivity index (χ0v) is 17.6. The fourth-order valence-electron chi connectivity index (χ4n) is 3.94. The molecule has 0 heterocycles. The van der Waals surface area contributed by atoms with Gasteiger partial charge in [-0.05, 0) is 34.7 Å². The van der Waals surface area contributed by atoms with Gasteiger partial charge in [-0.25, -0.2) is 4.79 Å². The van der Waals surface area contributed by atoms with Gasteiger partial charge < -0.3 is 10.1 Å². The van der Waals surface area contributed by atoms with Crippen molar-refractivity contribution >= 4 is 30.1 Å². The Bertz CT molecular complexity index is 1090. The van der Waals surface area contributed by atoms with Crippen LogP contribution >= 0.6 is 11.6 Å². The number of benzene rings is 3. The zero-order chi connectivity index (χ0) is 21.6. The fourth-order valence-corrected chi connectivity index (χ4v) is 4.19. The number of fused-ring (bicyclic) bond motifs is 3. The summed E-state index contributed by atoms with van der Waals surface area (Å²) in [4.78, 5) is 23.3. The van der Waals surface area contributed by atoms with Crippen LogP contribution in [0.15, 0.2) is 72.8 Å². The van der Waals surface area contributed by atoms with Crippen LogP contribution < -0.4 is 5.32 Å². The predicted octanol–water partition coefficient (Wildman–Crippen LogP) is 6.09. The fraction of sp³-hybridized carbons (Fsp3) is 0.154. The molecule has 1 aliphatic carbocycles. The van der Waals surface area contributed by atoms with Crippen molar-refractivity contribution < 1.29 is 14.3 Å². The second kappa shape index (κ2) is 9.63. The van der Waals surface area contributed by atoms with E-state index in [1.165, 1.54) is 22.3 Å². The molecular weight excluding hydrogens is 410 g/mol. The minimum atomic E-state index is -0.443. The van der Waals surface area contributed by atoms with Crippen molar-refractivity contribution in [3.8, 4) is 11.1 Å². The number of carbonyl (C=O) groups excluding carboxylic acids is 2. The smallest absolute Gasteiger partial charge is 0.407 e. The first kappa shape index (κ1) is 20.9. The van der Waals surface area contributed by atoms with Crippen LogP contribution in [0.4, 0.5) is 4.79 Å². The number of rotatable bonds is 7. The number of alkyl carbamates (subject to hydrolysis) is 1. The number of halogens is 1. The third-order valence-corrected chi connectivity index (χ3v) is 5.75. The van der Waals surface area contributed by atoms with Crippen LogP contribution in [0.25, 0.3) is 17.2 Å². The standard InChI is InChI=1S/C26H22ClNO3/c27-25-14-7-8-18(16-29)19(25)9-5-6-15-28-26(30)31-17-24-22-12-3-1-10-20(22)21-11-2-4-13-23(21)24/h1-5,7-14,16,24H,6,15,17H2,(H,28,30). The van der Waals surface area contributed by atoms with Crippen molar-refractivity contribution in [2.75, 3.05) is 13.2 Å². The molecule has 3 aromatic rings. The summed E-state index contributed by atoms with van der Waals surface area (Å²) in [5.41, 5.74) is 5.99. The molecule has 0 spiro atoms. The van der Waals surface area contributed by atoms with Gasteiger partial charge in [0.25, 0.3) is 0 Å². The summed E-state index contributed by atoms with van der Waals surface area (Å²) in [6, 6.07) is 21.7. The second-order valence-corrected chi connectivity index (χ2v) is 7.71. The topological polar surface area (TPSA) is 55.4 Å². The molecule has 3 aromatic carbocycles. The molecule has 0 saturated carbocycles. The van der Waals surface area contributed by atoms with Gasteiger partial charge in [0.2, 0.25) is 0 Å². The maximum absolute atomic E-state index is 12.2. The summed E-state index contributed by atoms with van der Waals surface area (Å²) in [5, 5.41) is 3.29. The molecule has 0 atom stereocenters.